The summed E-state index contributed by atoms with van der Waals surface area (Å²) in [5.41, 5.74) is 4.68. The lowest BCUT2D eigenvalue weighted by Crippen LogP contribution is -2.39. The average molecular weight is 290 g/mol. The van der Waals surface area contributed by atoms with Crippen LogP contribution in [-0.2, 0) is 5.60 Å². The SMILES string of the molecule is CC(O)(CNC(=O)c1nccnc1N)c1ccc(F)cc1. The fraction of sp³-hybridized carbons (Fsp3) is 0.214. The van der Waals surface area contributed by atoms with Crippen molar-refractivity contribution >= 4 is 11.7 Å². The molecule has 1 aromatic heterocycles. The van der Waals surface area contributed by atoms with Crippen LogP contribution in [0, 0.1) is 5.82 Å². The van der Waals surface area contributed by atoms with Crippen molar-refractivity contribution < 1.29 is 14.3 Å². The molecule has 0 aliphatic heterocycles. The van der Waals surface area contributed by atoms with Gasteiger partial charge in [-0.1, -0.05) is 12.1 Å². The second-order valence-electron chi connectivity index (χ2n) is 4.75. The van der Waals surface area contributed by atoms with Crippen LogP contribution in [0.3, 0.4) is 0 Å². The van der Waals surface area contributed by atoms with Crippen molar-refractivity contribution in [1.82, 2.24) is 15.3 Å². The van der Waals surface area contributed by atoms with Gasteiger partial charge in [0.25, 0.3) is 5.91 Å². The lowest BCUT2D eigenvalue weighted by molar-refractivity contribution is 0.0524. The molecule has 4 N–H and O–H groups in total. The minimum absolute atomic E-state index is 0.00703. The highest BCUT2D eigenvalue weighted by atomic mass is 19.1. The number of rotatable bonds is 4. The van der Waals surface area contributed by atoms with Crippen LogP contribution in [-0.4, -0.2) is 27.5 Å². The molecule has 0 spiro atoms. The third-order valence-corrected chi connectivity index (χ3v) is 3.00. The fourth-order valence-corrected chi connectivity index (χ4v) is 1.77. The number of benzene rings is 1. The first-order valence-electron chi connectivity index (χ1n) is 6.23. The molecule has 0 aliphatic carbocycles. The van der Waals surface area contributed by atoms with E-state index in [9.17, 15) is 14.3 Å². The van der Waals surface area contributed by atoms with Gasteiger partial charge in [-0.25, -0.2) is 14.4 Å². The van der Waals surface area contributed by atoms with Gasteiger partial charge in [0.1, 0.15) is 11.4 Å². The second-order valence-corrected chi connectivity index (χ2v) is 4.75. The molecule has 0 saturated carbocycles. The summed E-state index contributed by atoms with van der Waals surface area (Å²) in [6, 6.07) is 5.40. The minimum atomic E-state index is -1.35. The van der Waals surface area contributed by atoms with Crippen molar-refractivity contribution in [2.45, 2.75) is 12.5 Å². The van der Waals surface area contributed by atoms with Gasteiger partial charge >= 0.3 is 0 Å². The number of aliphatic hydroxyl groups is 1. The minimum Gasteiger partial charge on any atom is -0.384 e. The number of halogens is 1. The summed E-state index contributed by atoms with van der Waals surface area (Å²) in [6.45, 7) is 1.44. The summed E-state index contributed by atoms with van der Waals surface area (Å²) in [6.07, 6.45) is 2.73. The summed E-state index contributed by atoms with van der Waals surface area (Å²) in [5, 5.41) is 12.9. The van der Waals surface area contributed by atoms with Crippen LogP contribution in [0.15, 0.2) is 36.7 Å². The molecular weight excluding hydrogens is 275 g/mol. The summed E-state index contributed by atoms with van der Waals surface area (Å²) >= 11 is 0. The van der Waals surface area contributed by atoms with E-state index < -0.39 is 17.3 Å². The van der Waals surface area contributed by atoms with Gasteiger partial charge in [0.15, 0.2) is 11.5 Å². The largest absolute Gasteiger partial charge is 0.384 e. The number of hydrogen-bond acceptors (Lipinski definition) is 5. The Kier molecular flexibility index (Phi) is 4.13. The highest BCUT2D eigenvalue weighted by molar-refractivity contribution is 5.96. The smallest absolute Gasteiger partial charge is 0.273 e. The summed E-state index contributed by atoms with van der Waals surface area (Å²) < 4.78 is 12.9. The highest BCUT2D eigenvalue weighted by Crippen LogP contribution is 2.20. The molecule has 0 bridgehead atoms. The fourth-order valence-electron chi connectivity index (χ4n) is 1.77. The quantitative estimate of drug-likeness (QED) is 0.774. The molecule has 6 nitrogen and oxygen atoms in total. The maximum absolute atomic E-state index is 12.9. The molecular formula is C14H15FN4O2. The maximum atomic E-state index is 12.9. The van der Waals surface area contributed by atoms with Crippen molar-refractivity contribution in [2.24, 2.45) is 0 Å². The van der Waals surface area contributed by atoms with Crippen molar-refractivity contribution in [3.63, 3.8) is 0 Å². The number of carbonyl (C=O) groups is 1. The molecule has 2 rings (SSSR count). The lowest BCUT2D eigenvalue weighted by atomic mass is 9.96. The van der Waals surface area contributed by atoms with Crippen molar-refractivity contribution in [2.75, 3.05) is 12.3 Å². The molecule has 1 unspecified atom stereocenters. The maximum Gasteiger partial charge on any atom is 0.273 e. The molecule has 110 valence electrons. The van der Waals surface area contributed by atoms with Crippen molar-refractivity contribution in [3.05, 3.63) is 53.7 Å². The van der Waals surface area contributed by atoms with E-state index in [-0.39, 0.29) is 18.1 Å². The number of nitrogens with two attached hydrogens (primary N) is 1. The van der Waals surface area contributed by atoms with E-state index in [1.807, 2.05) is 0 Å². The molecule has 1 aromatic carbocycles. The summed E-state index contributed by atoms with van der Waals surface area (Å²) in [4.78, 5) is 19.5. The molecule has 0 fully saturated rings. The Morgan fingerprint density at radius 2 is 1.95 bits per heavy atom. The van der Waals surface area contributed by atoms with Crippen LogP contribution < -0.4 is 11.1 Å². The zero-order chi connectivity index (χ0) is 15.5. The van der Waals surface area contributed by atoms with E-state index in [0.717, 1.165) is 0 Å². The number of aromatic nitrogens is 2. The Hall–Kier alpha value is -2.54. The zero-order valence-electron chi connectivity index (χ0n) is 11.4. The van der Waals surface area contributed by atoms with Gasteiger partial charge in [-0.15, -0.1) is 0 Å². The Morgan fingerprint density at radius 1 is 1.33 bits per heavy atom. The van der Waals surface area contributed by atoms with Crippen LogP contribution >= 0.6 is 0 Å². The highest BCUT2D eigenvalue weighted by Gasteiger charge is 2.24. The standard InChI is InChI=1S/C14H15FN4O2/c1-14(21,9-2-4-10(15)5-3-9)8-19-13(20)11-12(16)18-7-6-17-11/h2-7,21H,8H2,1H3,(H2,16,18)(H,19,20). The summed E-state index contributed by atoms with van der Waals surface area (Å²) in [7, 11) is 0. The predicted molar refractivity (Wildman–Crippen MR) is 74.7 cm³/mol. The van der Waals surface area contributed by atoms with Gasteiger partial charge in [-0.3, -0.25) is 4.79 Å². The van der Waals surface area contributed by atoms with Gasteiger partial charge in [-0.05, 0) is 24.6 Å². The first-order chi connectivity index (χ1) is 9.90. The monoisotopic (exact) mass is 290 g/mol. The van der Waals surface area contributed by atoms with Crippen molar-refractivity contribution in [1.29, 1.82) is 0 Å². The van der Waals surface area contributed by atoms with Crippen LogP contribution in [0.2, 0.25) is 0 Å². The molecule has 1 atom stereocenters. The lowest BCUT2D eigenvalue weighted by Gasteiger charge is -2.24. The number of nitrogens with zero attached hydrogens (tertiary/aromatic N) is 2. The molecule has 0 saturated heterocycles. The third kappa shape index (κ3) is 3.51. The number of nitrogens with one attached hydrogen (secondary N) is 1. The molecule has 21 heavy (non-hydrogen) atoms. The van der Waals surface area contributed by atoms with Crippen LogP contribution in [0.5, 0.6) is 0 Å². The average Bonchev–Trinajstić information content (AvgIpc) is 2.46. The number of carbonyl (C=O) groups excluding carboxylic acids is 1. The van der Waals surface area contributed by atoms with E-state index >= 15 is 0 Å². The number of nitrogen functional groups attached to an aromatic ring is 1. The Bertz CT molecular complexity index is 644. The summed E-state index contributed by atoms with van der Waals surface area (Å²) in [5.74, 6) is -0.926. The van der Waals surface area contributed by atoms with Gasteiger partial charge in [0.05, 0.1) is 6.54 Å². The van der Waals surface area contributed by atoms with Gasteiger partial charge < -0.3 is 16.2 Å². The van der Waals surface area contributed by atoms with E-state index in [1.54, 1.807) is 0 Å². The molecule has 0 radical (unpaired) electrons. The Morgan fingerprint density at radius 3 is 2.57 bits per heavy atom. The van der Waals surface area contributed by atoms with Crippen LogP contribution in [0.25, 0.3) is 0 Å². The Balaban J connectivity index is 2.06. The molecule has 1 heterocycles. The number of anilines is 1. The zero-order valence-corrected chi connectivity index (χ0v) is 11.4. The van der Waals surface area contributed by atoms with E-state index in [1.165, 1.54) is 43.6 Å². The third-order valence-electron chi connectivity index (χ3n) is 3.00. The van der Waals surface area contributed by atoms with Gasteiger partial charge in [0.2, 0.25) is 0 Å². The topological polar surface area (TPSA) is 101 Å². The number of amides is 1. The molecule has 0 aliphatic rings. The van der Waals surface area contributed by atoms with E-state index in [2.05, 4.69) is 15.3 Å². The van der Waals surface area contributed by atoms with E-state index in [0.29, 0.717) is 5.56 Å². The van der Waals surface area contributed by atoms with Crippen molar-refractivity contribution in [3.8, 4) is 0 Å². The first-order valence-corrected chi connectivity index (χ1v) is 6.23. The van der Waals surface area contributed by atoms with Crippen LogP contribution in [0.4, 0.5) is 10.2 Å². The second kappa shape index (κ2) is 5.84. The first kappa shape index (κ1) is 14.9. The van der Waals surface area contributed by atoms with Gasteiger partial charge in [-0.2, -0.15) is 0 Å². The van der Waals surface area contributed by atoms with E-state index in [4.69, 9.17) is 5.73 Å². The number of hydrogen-bond donors (Lipinski definition) is 3. The Labute approximate surface area is 120 Å². The molecule has 2 aromatic rings. The molecule has 1 amide bonds. The molecule has 7 heteroatoms. The predicted octanol–water partition coefficient (Wildman–Crippen LogP) is 0.835. The van der Waals surface area contributed by atoms with Gasteiger partial charge in [0, 0.05) is 12.4 Å². The normalized spacial score (nSPS) is 13.5. The van der Waals surface area contributed by atoms with Crippen LogP contribution in [0.1, 0.15) is 23.0 Å².